The number of nitrogens with zero attached hydrogens (tertiary/aromatic N) is 1. The van der Waals surface area contributed by atoms with Crippen molar-refractivity contribution in [2.75, 3.05) is 18.6 Å². The van der Waals surface area contributed by atoms with E-state index in [1.165, 1.54) is 4.90 Å². The molecule has 5 nitrogen and oxygen atoms in total. The van der Waals surface area contributed by atoms with Crippen LogP contribution in [0.3, 0.4) is 0 Å². The van der Waals surface area contributed by atoms with Crippen molar-refractivity contribution < 1.29 is 13.2 Å². The summed E-state index contributed by atoms with van der Waals surface area (Å²) in [6.45, 7) is 0. The van der Waals surface area contributed by atoms with Crippen LogP contribution in [0.25, 0.3) is 10.9 Å². The molecule has 1 atom stereocenters. The summed E-state index contributed by atoms with van der Waals surface area (Å²) in [6, 6.07) is 6.84. The van der Waals surface area contributed by atoms with E-state index in [-0.39, 0.29) is 23.5 Å². The van der Waals surface area contributed by atoms with Crippen LogP contribution in [-0.2, 0) is 9.84 Å². The van der Waals surface area contributed by atoms with Gasteiger partial charge in [-0.1, -0.05) is 11.6 Å². The molecule has 1 saturated heterocycles. The van der Waals surface area contributed by atoms with Crippen LogP contribution in [-0.4, -0.2) is 48.8 Å². The van der Waals surface area contributed by atoms with Gasteiger partial charge in [0.15, 0.2) is 9.84 Å². The number of amides is 1. The molecule has 1 aliphatic heterocycles. The number of halogens is 1. The molecule has 1 fully saturated rings. The zero-order valence-corrected chi connectivity index (χ0v) is 13.0. The molecule has 1 aromatic carbocycles. The molecule has 0 unspecified atom stereocenters. The van der Waals surface area contributed by atoms with Crippen LogP contribution in [0.2, 0.25) is 5.02 Å². The van der Waals surface area contributed by atoms with Gasteiger partial charge in [-0.15, -0.1) is 0 Å². The van der Waals surface area contributed by atoms with E-state index in [2.05, 4.69) is 4.98 Å². The Bertz CT molecular complexity index is 813. The SMILES string of the molecule is CN(C(=O)c1cc2cc(Cl)ccc2[nH]1)[C@H]1CCS(=O)(=O)C1. The fourth-order valence-corrected chi connectivity index (χ4v) is 4.61. The van der Waals surface area contributed by atoms with Crippen molar-refractivity contribution in [1.29, 1.82) is 0 Å². The van der Waals surface area contributed by atoms with Gasteiger partial charge in [-0.05, 0) is 30.7 Å². The number of benzene rings is 1. The number of rotatable bonds is 2. The maximum absolute atomic E-state index is 12.5. The highest BCUT2D eigenvalue weighted by Crippen LogP contribution is 2.22. The Kier molecular flexibility index (Phi) is 3.45. The number of carbonyl (C=O) groups excluding carboxylic acids is 1. The number of carbonyl (C=O) groups is 1. The number of nitrogens with one attached hydrogen (secondary N) is 1. The van der Waals surface area contributed by atoms with Crippen molar-refractivity contribution in [1.82, 2.24) is 9.88 Å². The first-order valence-corrected chi connectivity index (χ1v) is 8.81. The highest BCUT2D eigenvalue weighted by atomic mass is 35.5. The van der Waals surface area contributed by atoms with Crippen LogP contribution < -0.4 is 0 Å². The first-order chi connectivity index (χ1) is 9.85. The third-order valence-electron chi connectivity index (χ3n) is 3.89. The zero-order chi connectivity index (χ0) is 15.2. The third kappa shape index (κ3) is 2.78. The Morgan fingerprint density at radius 1 is 1.38 bits per heavy atom. The fourth-order valence-electron chi connectivity index (χ4n) is 2.66. The molecule has 0 saturated carbocycles. The van der Waals surface area contributed by atoms with Crippen LogP contribution in [0.1, 0.15) is 16.9 Å². The van der Waals surface area contributed by atoms with Gasteiger partial charge in [0.25, 0.3) is 5.91 Å². The van der Waals surface area contributed by atoms with Gasteiger partial charge in [0.05, 0.1) is 11.5 Å². The Morgan fingerprint density at radius 3 is 2.81 bits per heavy atom. The molecule has 0 spiro atoms. The molecule has 1 N–H and O–H groups in total. The molecular weight excluding hydrogens is 312 g/mol. The Hall–Kier alpha value is -1.53. The average Bonchev–Trinajstić information content (AvgIpc) is 2.99. The number of H-pyrrole nitrogens is 1. The van der Waals surface area contributed by atoms with Crippen LogP contribution in [0.15, 0.2) is 24.3 Å². The molecule has 0 radical (unpaired) electrons. The second-order valence-corrected chi connectivity index (χ2v) is 8.05. The number of aromatic nitrogens is 1. The van der Waals surface area contributed by atoms with Gasteiger partial charge in [-0.3, -0.25) is 4.79 Å². The minimum atomic E-state index is -3.01. The van der Waals surface area contributed by atoms with E-state index >= 15 is 0 Å². The first kappa shape index (κ1) is 14.4. The van der Waals surface area contributed by atoms with Crippen molar-refractivity contribution in [3.05, 3.63) is 35.0 Å². The van der Waals surface area contributed by atoms with E-state index in [0.717, 1.165) is 10.9 Å². The normalized spacial score (nSPS) is 20.8. The molecule has 1 aliphatic rings. The van der Waals surface area contributed by atoms with Crippen molar-refractivity contribution >= 4 is 38.2 Å². The summed E-state index contributed by atoms with van der Waals surface area (Å²) in [4.78, 5) is 17.0. The number of fused-ring (bicyclic) bond motifs is 1. The molecule has 0 aliphatic carbocycles. The van der Waals surface area contributed by atoms with Gasteiger partial charge in [0.2, 0.25) is 0 Å². The second kappa shape index (κ2) is 5.03. The monoisotopic (exact) mass is 326 g/mol. The number of hydrogen-bond donors (Lipinski definition) is 1. The number of hydrogen-bond acceptors (Lipinski definition) is 3. The molecule has 1 aromatic heterocycles. The Morgan fingerprint density at radius 2 is 2.14 bits per heavy atom. The Labute approximate surface area is 127 Å². The summed E-state index contributed by atoms with van der Waals surface area (Å²) in [6.07, 6.45) is 0.497. The van der Waals surface area contributed by atoms with Crippen LogP contribution in [0.5, 0.6) is 0 Å². The lowest BCUT2D eigenvalue weighted by molar-refractivity contribution is 0.0743. The molecule has 7 heteroatoms. The molecule has 2 heterocycles. The summed E-state index contributed by atoms with van der Waals surface area (Å²) in [5, 5.41) is 1.47. The van der Waals surface area contributed by atoms with Crippen LogP contribution >= 0.6 is 11.6 Å². The molecule has 21 heavy (non-hydrogen) atoms. The lowest BCUT2D eigenvalue weighted by Gasteiger charge is -2.22. The highest BCUT2D eigenvalue weighted by molar-refractivity contribution is 7.91. The summed E-state index contributed by atoms with van der Waals surface area (Å²) in [5.74, 6) is -0.0109. The molecule has 3 rings (SSSR count). The summed E-state index contributed by atoms with van der Waals surface area (Å²) < 4.78 is 23.0. The zero-order valence-electron chi connectivity index (χ0n) is 11.5. The standard InChI is InChI=1S/C14H15ClN2O3S/c1-17(11-4-5-21(19,20)8-11)14(18)13-7-9-6-10(15)2-3-12(9)16-13/h2-3,6-7,11,16H,4-5,8H2,1H3/t11-/m0/s1. The van der Waals surface area contributed by atoms with E-state index in [4.69, 9.17) is 11.6 Å². The molecule has 0 bridgehead atoms. The van der Waals surface area contributed by atoms with Gasteiger partial charge in [0, 0.05) is 29.0 Å². The topological polar surface area (TPSA) is 70.2 Å². The van der Waals surface area contributed by atoms with Crippen molar-refractivity contribution in [3.63, 3.8) is 0 Å². The van der Waals surface area contributed by atoms with Crippen molar-refractivity contribution in [2.45, 2.75) is 12.5 Å². The maximum atomic E-state index is 12.5. The average molecular weight is 327 g/mol. The van der Waals surface area contributed by atoms with E-state index in [1.807, 2.05) is 6.07 Å². The highest BCUT2D eigenvalue weighted by Gasteiger charge is 2.33. The van der Waals surface area contributed by atoms with E-state index in [1.54, 1.807) is 25.2 Å². The molecular formula is C14H15ClN2O3S. The minimum absolute atomic E-state index is 0.0430. The molecule has 2 aromatic rings. The molecule has 112 valence electrons. The van der Waals surface area contributed by atoms with Gasteiger partial charge in [-0.2, -0.15) is 0 Å². The predicted molar refractivity (Wildman–Crippen MR) is 82.5 cm³/mol. The van der Waals surface area contributed by atoms with Crippen molar-refractivity contribution in [3.8, 4) is 0 Å². The lowest BCUT2D eigenvalue weighted by Crippen LogP contribution is -2.37. The second-order valence-electron chi connectivity index (χ2n) is 5.39. The largest absolute Gasteiger partial charge is 0.351 e. The van der Waals surface area contributed by atoms with Gasteiger partial charge >= 0.3 is 0 Å². The molecule has 1 amide bonds. The predicted octanol–water partition coefficient (Wildman–Crippen LogP) is 2.08. The van der Waals surface area contributed by atoms with Gasteiger partial charge in [-0.25, -0.2) is 8.42 Å². The number of sulfone groups is 1. The quantitative estimate of drug-likeness (QED) is 0.918. The fraction of sp³-hybridized carbons (Fsp3) is 0.357. The maximum Gasteiger partial charge on any atom is 0.270 e. The minimum Gasteiger partial charge on any atom is -0.351 e. The lowest BCUT2D eigenvalue weighted by atomic mass is 10.2. The number of aromatic amines is 1. The third-order valence-corrected chi connectivity index (χ3v) is 5.88. The van der Waals surface area contributed by atoms with Gasteiger partial charge < -0.3 is 9.88 Å². The summed E-state index contributed by atoms with van der Waals surface area (Å²) >= 11 is 5.93. The first-order valence-electron chi connectivity index (χ1n) is 6.61. The van der Waals surface area contributed by atoms with Crippen molar-refractivity contribution in [2.24, 2.45) is 0 Å². The Balaban J connectivity index is 1.86. The van der Waals surface area contributed by atoms with E-state index in [0.29, 0.717) is 17.1 Å². The van der Waals surface area contributed by atoms with Crippen LogP contribution in [0.4, 0.5) is 0 Å². The smallest absolute Gasteiger partial charge is 0.270 e. The summed E-state index contributed by atoms with van der Waals surface area (Å²) in [7, 11) is -1.36. The van der Waals surface area contributed by atoms with Gasteiger partial charge in [0.1, 0.15) is 5.69 Å². The van der Waals surface area contributed by atoms with Crippen LogP contribution in [0, 0.1) is 0 Å². The van der Waals surface area contributed by atoms with E-state index < -0.39 is 9.84 Å². The summed E-state index contributed by atoms with van der Waals surface area (Å²) in [5.41, 5.74) is 1.27. The van der Waals surface area contributed by atoms with E-state index in [9.17, 15) is 13.2 Å².